The van der Waals surface area contributed by atoms with E-state index in [0.717, 1.165) is 6.08 Å². The first-order chi connectivity index (χ1) is 9.97. The molecule has 0 aliphatic heterocycles. The van der Waals surface area contributed by atoms with Crippen LogP contribution in [0.4, 0.5) is 0 Å². The summed E-state index contributed by atoms with van der Waals surface area (Å²) in [7, 11) is 1.32. The molecule has 5 heteroatoms. The quantitative estimate of drug-likeness (QED) is 0.502. The zero-order valence-corrected chi connectivity index (χ0v) is 11.4. The monoisotopic (exact) mass is 286 g/mol. The van der Waals surface area contributed by atoms with Gasteiger partial charge in [0.1, 0.15) is 0 Å². The predicted molar refractivity (Wildman–Crippen MR) is 75.9 cm³/mol. The highest BCUT2D eigenvalue weighted by atomic mass is 16.5. The van der Waals surface area contributed by atoms with E-state index in [9.17, 15) is 19.8 Å². The van der Waals surface area contributed by atoms with E-state index in [1.807, 2.05) is 0 Å². The molecular formula is C16H14O5. The Hall–Kier alpha value is -2.82. The molecule has 0 radical (unpaired) electrons. The Bertz CT molecular complexity index is 682. The lowest BCUT2D eigenvalue weighted by atomic mass is 9.85. The number of ether oxygens (including phenoxy) is 1. The van der Waals surface area contributed by atoms with Crippen LogP contribution in [-0.2, 0) is 14.3 Å². The fraction of sp³-hybridized carbons (Fsp3) is 0.125. The molecule has 2 N–H and O–H groups in total. The molecule has 0 aromatic heterocycles. The number of phenols is 2. The van der Waals surface area contributed by atoms with Crippen LogP contribution in [0.2, 0.25) is 0 Å². The Morgan fingerprint density at radius 1 is 1.14 bits per heavy atom. The van der Waals surface area contributed by atoms with Gasteiger partial charge in [-0.15, -0.1) is 6.58 Å². The van der Waals surface area contributed by atoms with Crippen molar-refractivity contribution in [1.29, 1.82) is 0 Å². The molecule has 1 atom stereocenters. The third-order valence-corrected chi connectivity index (χ3v) is 3.23. The van der Waals surface area contributed by atoms with Gasteiger partial charge in [0.15, 0.2) is 23.0 Å². The molecule has 1 aliphatic carbocycles. The van der Waals surface area contributed by atoms with E-state index >= 15 is 0 Å². The minimum atomic E-state index is -0.567. The average Bonchev–Trinajstić information content (AvgIpc) is 2.46. The second-order valence-electron chi connectivity index (χ2n) is 4.50. The Morgan fingerprint density at radius 2 is 1.86 bits per heavy atom. The van der Waals surface area contributed by atoms with Crippen molar-refractivity contribution >= 4 is 11.6 Å². The molecule has 5 nitrogen and oxygen atoms in total. The van der Waals surface area contributed by atoms with E-state index in [2.05, 4.69) is 6.58 Å². The molecule has 108 valence electrons. The van der Waals surface area contributed by atoms with Crippen molar-refractivity contribution in [2.45, 2.75) is 5.92 Å². The first kappa shape index (κ1) is 14.6. The Labute approximate surface area is 121 Å². The summed E-state index contributed by atoms with van der Waals surface area (Å²) in [6, 6.07) is 4.19. The Kier molecular flexibility index (Phi) is 3.93. The van der Waals surface area contributed by atoms with E-state index in [4.69, 9.17) is 4.74 Å². The highest BCUT2D eigenvalue weighted by Gasteiger charge is 2.26. The van der Waals surface area contributed by atoms with Crippen LogP contribution in [0.1, 0.15) is 11.5 Å². The summed E-state index contributed by atoms with van der Waals surface area (Å²) in [5, 5.41) is 18.9. The number of phenolic OH excluding ortho intramolecular Hbond substituents is 2. The second kappa shape index (κ2) is 5.66. The van der Waals surface area contributed by atoms with Gasteiger partial charge in [0.05, 0.1) is 7.11 Å². The van der Waals surface area contributed by atoms with Gasteiger partial charge < -0.3 is 14.9 Å². The van der Waals surface area contributed by atoms with Gasteiger partial charge in [0.2, 0.25) is 5.78 Å². The van der Waals surface area contributed by atoms with Crippen molar-refractivity contribution in [1.82, 2.24) is 0 Å². The summed E-state index contributed by atoms with van der Waals surface area (Å²) in [5.41, 5.74) is 0.780. The maximum absolute atomic E-state index is 12.1. The summed E-state index contributed by atoms with van der Waals surface area (Å²) >= 11 is 0. The van der Waals surface area contributed by atoms with Gasteiger partial charge in [-0.1, -0.05) is 12.1 Å². The van der Waals surface area contributed by atoms with E-state index < -0.39 is 11.7 Å². The van der Waals surface area contributed by atoms with Gasteiger partial charge in [-0.05, 0) is 23.8 Å². The molecule has 0 fully saturated rings. The number of carbonyl (C=O) groups is 2. The zero-order valence-electron chi connectivity index (χ0n) is 11.4. The normalized spacial score (nSPS) is 16.0. The number of rotatable bonds is 4. The van der Waals surface area contributed by atoms with Crippen LogP contribution in [0.5, 0.6) is 11.5 Å². The fourth-order valence-electron chi connectivity index (χ4n) is 2.14. The van der Waals surface area contributed by atoms with E-state index in [-0.39, 0.29) is 28.6 Å². The predicted octanol–water partition coefficient (Wildman–Crippen LogP) is 1.98. The lowest BCUT2D eigenvalue weighted by molar-refractivity contribution is -0.117. The summed E-state index contributed by atoms with van der Waals surface area (Å²) in [6.45, 7) is 3.66. The third kappa shape index (κ3) is 2.72. The smallest absolute Gasteiger partial charge is 0.220 e. The van der Waals surface area contributed by atoms with E-state index in [0.29, 0.717) is 5.56 Å². The SMILES string of the molecule is C=C[C@H](C1=CC(=O)C(OC)=CC1=O)c1ccc(O)c(O)c1. The largest absolute Gasteiger partial charge is 0.504 e. The Morgan fingerprint density at radius 3 is 2.43 bits per heavy atom. The van der Waals surface area contributed by atoms with Gasteiger partial charge >= 0.3 is 0 Å². The number of allylic oxidation sites excluding steroid dienone is 4. The molecule has 0 bridgehead atoms. The number of methoxy groups -OCH3 is 1. The summed E-state index contributed by atoms with van der Waals surface area (Å²) in [5.74, 6) is -1.90. The van der Waals surface area contributed by atoms with Crippen molar-refractivity contribution in [2.24, 2.45) is 0 Å². The number of hydrogen-bond donors (Lipinski definition) is 2. The molecule has 1 aliphatic rings. The molecule has 0 saturated heterocycles. The van der Waals surface area contributed by atoms with Crippen molar-refractivity contribution in [3.05, 3.63) is 59.9 Å². The standard InChI is InChI=1S/C16H14O5/c1-3-10(9-4-5-12(17)14(19)6-9)11-7-15(20)16(21-2)8-13(11)18/h3-8,10,17,19H,1H2,2H3/t10-/m0/s1. The van der Waals surface area contributed by atoms with Gasteiger partial charge in [0, 0.05) is 17.6 Å². The van der Waals surface area contributed by atoms with Crippen LogP contribution in [-0.4, -0.2) is 28.9 Å². The van der Waals surface area contributed by atoms with E-state index in [1.165, 1.54) is 31.4 Å². The van der Waals surface area contributed by atoms with Gasteiger partial charge in [0.25, 0.3) is 0 Å². The van der Waals surface area contributed by atoms with Crippen LogP contribution < -0.4 is 0 Å². The maximum atomic E-state index is 12.1. The highest BCUT2D eigenvalue weighted by molar-refractivity contribution is 6.19. The van der Waals surface area contributed by atoms with Crippen molar-refractivity contribution < 1.29 is 24.5 Å². The molecular weight excluding hydrogens is 272 g/mol. The van der Waals surface area contributed by atoms with Crippen LogP contribution in [0.25, 0.3) is 0 Å². The number of aromatic hydroxyl groups is 2. The number of ketones is 2. The molecule has 0 amide bonds. The zero-order chi connectivity index (χ0) is 15.6. The lowest BCUT2D eigenvalue weighted by Gasteiger charge is -2.18. The fourth-order valence-corrected chi connectivity index (χ4v) is 2.14. The number of benzene rings is 1. The molecule has 2 rings (SSSR count). The van der Waals surface area contributed by atoms with Crippen molar-refractivity contribution in [2.75, 3.05) is 7.11 Å². The summed E-state index contributed by atoms with van der Waals surface area (Å²) < 4.78 is 4.82. The van der Waals surface area contributed by atoms with Gasteiger partial charge in [-0.3, -0.25) is 9.59 Å². The van der Waals surface area contributed by atoms with Crippen LogP contribution >= 0.6 is 0 Å². The number of carbonyl (C=O) groups excluding carboxylic acids is 2. The Balaban J connectivity index is 2.43. The molecule has 21 heavy (non-hydrogen) atoms. The molecule has 0 spiro atoms. The first-order valence-electron chi connectivity index (χ1n) is 6.18. The molecule has 0 saturated carbocycles. The van der Waals surface area contributed by atoms with Crippen molar-refractivity contribution in [3.63, 3.8) is 0 Å². The van der Waals surface area contributed by atoms with Crippen LogP contribution in [0.15, 0.2) is 54.3 Å². The maximum Gasteiger partial charge on any atom is 0.220 e. The van der Waals surface area contributed by atoms with Crippen LogP contribution in [0.3, 0.4) is 0 Å². The lowest BCUT2D eigenvalue weighted by Crippen LogP contribution is -2.18. The van der Waals surface area contributed by atoms with Crippen molar-refractivity contribution in [3.8, 4) is 11.5 Å². The molecule has 1 aromatic rings. The first-order valence-corrected chi connectivity index (χ1v) is 6.18. The number of hydrogen-bond acceptors (Lipinski definition) is 5. The summed E-state index contributed by atoms with van der Waals surface area (Å²) in [6.07, 6.45) is 3.83. The third-order valence-electron chi connectivity index (χ3n) is 3.23. The van der Waals surface area contributed by atoms with E-state index in [1.54, 1.807) is 6.07 Å². The van der Waals surface area contributed by atoms with Crippen LogP contribution in [0, 0.1) is 0 Å². The second-order valence-corrected chi connectivity index (χ2v) is 4.50. The highest BCUT2D eigenvalue weighted by Crippen LogP contribution is 2.34. The molecule has 0 heterocycles. The van der Waals surface area contributed by atoms with Gasteiger partial charge in [-0.2, -0.15) is 0 Å². The molecule has 0 unspecified atom stereocenters. The summed E-state index contributed by atoms with van der Waals surface area (Å²) in [4.78, 5) is 23.9. The average molecular weight is 286 g/mol. The minimum absolute atomic E-state index is 0.0138. The minimum Gasteiger partial charge on any atom is -0.504 e. The topological polar surface area (TPSA) is 83.8 Å². The molecule has 1 aromatic carbocycles. The van der Waals surface area contributed by atoms with Gasteiger partial charge in [-0.25, -0.2) is 0 Å².